The van der Waals surface area contributed by atoms with Gasteiger partial charge in [0.25, 0.3) is 0 Å². The number of carbonyl (C=O) groups is 1. The zero-order valence-corrected chi connectivity index (χ0v) is 30.1. The lowest BCUT2D eigenvalue weighted by atomic mass is 9.47. The fourth-order valence-corrected chi connectivity index (χ4v) is 10.4. The van der Waals surface area contributed by atoms with E-state index in [1.165, 1.54) is 64.2 Å². The molecule has 9 unspecified atom stereocenters. The highest BCUT2D eigenvalue weighted by Crippen LogP contribution is 2.66. The first kappa shape index (κ1) is 35.8. The average molecular weight is 614 g/mol. The van der Waals surface area contributed by atoms with Gasteiger partial charge in [0, 0.05) is 31.1 Å². The molecule has 0 aromatic heterocycles. The molecule has 0 aromatic rings. The summed E-state index contributed by atoms with van der Waals surface area (Å²) in [5, 5.41) is 3.57. The fourth-order valence-electron chi connectivity index (χ4n) is 10.4. The molecule has 0 radical (unpaired) electrons. The van der Waals surface area contributed by atoms with Crippen LogP contribution in [0.2, 0.25) is 0 Å². The van der Waals surface area contributed by atoms with Crippen LogP contribution in [0.5, 0.6) is 0 Å². The Balaban J connectivity index is 1.28. The summed E-state index contributed by atoms with van der Waals surface area (Å²) in [6, 6.07) is 0.804. The molecule has 5 heteroatoms. The number of fused-ring (bicyclic) bond motifs is 5. The van der Waals surface area contributed by atoms with Gasteiger partial charge in [-0.1, -0.05) is 58.6 Å². The number of unbranched alkanes of at least 4 members (excludes halogenated alkanes) is 2. The molecule has 9 atom stereocenters. The van der Waals surface area contributed by atoms with Gasteiger partial charge < -0.3 is 20.7 Å². The average Bonchev–Trinajstić information content (AvgIpc) is 3.28. The molecule has 0 saturated heterocycles. The molecule has 0 spiro atoms. The van der Waals surface area contributed by atoms with Gasteiger partial charge in [-0.15, -0.1) is 0 Å². The summed E-state index contributed by atoms with van der Waals surface area (Å²) in [6.07, 6.45) is 21.4. The van der Waals surface area contributed by atoms with E-state index in [9.17, 15) is 4.79 Å². The Labute approximate surface area is 272 Å². The van der Waals surface area contributed by atoms with Crippen LogP contribution >= 0.6 is 0 Å². The molecule has 254 valence electrons. The monoisotopic (exact) mass is 614 g/mol. The van der Waals surface area contributed by atoms with E-state index >= 15 is 0 Å². The van der Waals surface area contributed by atoms with Crippen molar-refractivity contribution in [3.05, 3.63) is 11.6 Å². The molecule has 4 rings (SSSR count). The van der Waals surface area contributed by atoms with Crippen molar-refractivity contribution in [1.29, 1.82) is 0 Å². The molecule has 0 aliphatic heterocycles. The number of nitrogens with one attached hydrogen (secondary N) is 1. The molecule has 4 aliphatic carbocycles. The van der Waals surface area contributed by atoms with Crippen LogP contribution in [-0.4, -0.2) is 48.3 Å². The van der Waals surface area contributed by atoms with Crippen LogP contribution in [0, 0.1) is 40.4 Å². The van der Waals surface area contributed by atoms with Gasteiger partial charge in [0.1, 0.15) is 6.10 Å². The third-order valence-corrected chi connectivity index (χ3v) is 13.0. The van der Waals surface area contributed by atoms with Crippen molar-refractivity contribution in [2.75, 3.05) is 13.1 Å². The maximum absolute atomic E-state index is 13.4. The van der Waals surface area contributed by atoms with Crippen molar-refractivity contribution < 1.29 is 9.53 Å². The Hall–Kier alpha value is -1.07. The van der Waals surface area contributed by atoms with Crippen molar-refractivity contribution >= 4 is 6.09 Å². The van der Waals surface area contributed by atoms with E-state index in [0.717, 1.165) is 74.8 Å². The van der Waals surface area contributed by atoms with Gasteiger partial charge in [0.05, 0.1) is 0 Å². The number of nitrogens with two attached hydrogens (primary N) is 1. The predicted molar refractivity (Wildman–Crippen MR) is 186 cm³/mol. The first-order chi connectivity index (χ1) is 20.8. The highest BCUT2D eigenvalue weighted by molar-refractivity contribution is 5.68. The minimum atomic E-state index is -0.111. The maximum Gasteiger partial charge on any atom is 0.410 e. The van der Waals surface area contributed by atoms with E-state index in [-0.39, 0.29) is 24.3 Å². The van der Waals surface area contributed by atoms with E-state index in [2.05, 4.69) is 66.8 Å². The minimum Gasteiger partial charge on any atom is -0.446 e. The minimum absolute atomic E-state index is 0.0240. The zero-order valence-electron chi connectivity index (χ0n) is 30.1. The van der Waals surface area contributed by atoms with E-state index < -0.39 is 0 Å². The van der Waals surface area contributed by atoms with E-state index in [1.54, 1.807) is 5.57 Å². The Morgan fingerprint density at radius 1 is 1.00 bits per heavy atom. The second-order valence-corrected chi connectivity index (χ2v) is 17.1. The van der Waals surface area contributed by atoms with Gasteiger partial charge >= 0.3 is 6.09 Å². The summed E-state index contributed by atoms with van der Waals surface area (Å²) in [7, 11) is 0. The van der Waals surface area contributed by atoms with Crippen molar-refractivity contribution in [2.24, 2.45) is 46.2 Å². The van der Waals surface area contributed by atoms with Crippen molar-refractivity contribution in [3.8, 4) is 0 Å². The van der Waals surface area contributed by atoms with Crippen LogP contribution < -0.4 is 11.1 Å². The van der Waals surface area contributed by atoms with Crippen LogP contribution in [-0.2, 0) is 4.74 Å². The Morgan fingerprint density at radius 2 is 1.77 bits per heavy atom. The number of amides is 1. The number of hydrogen-bond acceptors (Lipinski definition) is 4. The molecule has 0 bridgehead atoms. The SMILES string of the molecule is CC(C)CCCCC1CCC2C3CC=C4CC(OC(=O)N(CCCCNC(C)CC(C)N)C(C)C)CCC4(C)C3CCC12C. The lowest BCUT2D eigenvalue weighted by molar-refractivity contribution is -0.0537. The zero-order chi connectivity index (χ0) is 32.1. The second kappa shape index (κ2) is 15.7. The van der Waals surface area contributed by atoms with Crippen molar-refractivity contribution in [1.82, 2.24) is 10.2 Å². The van der Waals surface area contributed by atoms with E-state index in [1.807, 2.05) is 4.90 Å². The summed E-state index contributed by atoms with van der Waals surface area (Å²) in [4.78, 5) is 15.3. The van der Waals surface area contributed by atoms with Gasteiger partial charge in [-0.05, 0) is 145 Å². The fraction of sp³-hybridized carbons (Fsp3) is 0.923. The Bertz CT molecular complexity index is 946. The predicted octanol–water partition coefficient (Wildman–Crippen LogP) is 9.49. The van der Waals surface area contributed by atoms with Gasteiger partial charge in [-0.2, -0.15) is 0 Å². The number of rotatable bonds is 15. The summed E-state index contributed by atoms with van der Waals surface area (Å²) in [6.45, 7) is 20.2. The van der Waals surface area contributed by atoms with Crippen molar-refractivity contribution in [3.63, 3.8) is 0 Å². The number of allylic oxidation sites excluding steroid dienone is 1. The maximum atomic E-state index is 13.4. The lowest BCUT2D eigenvalue weighted by Crippen LogP contribution is -2.51. The largest absolute Gasteiger partial charge is 0.446 e. The first-order valence-electron chi connectivity index (χ1n) is 19.0. The molecule has 3 saturated carbocycles. The summed E-state index contributed by atoms with van der Waals surface area (Å²) < 4.78 is 6.26. The van der Waals surface area contributed by atoms with Crippen LogP contribution in [0.4, 0.5) is 4.79 Å². The third kappa shape index (κ3) is 8.44. The molecule has 0 heterocycles. The molecule has 3 fully saturated rings. The summed E-state index contributed by atoms with van der Waals surface area (Å²) in [5.41, 5.74) is 8.40. The van der Waals surface area contributed by atoms with Gasteiger partial charge in [-0.25, -0.2) is 4.79 Å². The third-order valence-electron chi connectivity index (χ3n) is 13.0. The number of carbonyl (C=O) groups excluding carboxylic acids is 1. The molecule has 4 aliphatic rings. The highest BCUT2D eigenvalue weighted by Gasteiger charge is 2.58. The van der Waals surface area contributed by atoms with Crippen molar-refractivity contribution in [2.45, 2.75) is 176 Å². The molecule has 44 heavy (non-hydrogen) atoms. The second-order valence-electron chi connectivity index (χ2n) is 17.1. The number of ether oxygens (including phenoxy) is 1. The Morgan fingerprint density at radius 3 is 2.48 bits per heavy atom. The van der Waals surface area contributed by atoms with Gasteiger partial charge in [-0.3, -0.25) is 0 Å². The topological polar surface area (TPSA) is 67.6 Å². The molecule has 1 amide bonds. The van der Waals surface area contributed by atoms with E-state index in [0.29, 0.717) is 16.9 Å². The smallest absolute Gasteiger partial charge is 0.410 e. The standard InChI is InChI=1S/C39H71N3O2/c1-27(2)13-9-10-14-31-16-18-35-34-17-15-32-26-33(19-21-39(32,8)36(34)20-22-38(31,35)7)44-37(43)42(28(3)4)24-12-11-23-41-30(6)25-29(5)40/h15,27-31,33-36,41H,9-14,16-26,40H2,1-8H3. The lowest BCUT2D eigenvalue weighted by Gasteiger charge is -2.58. The normalized spacial score (nSPS) is 34.6. The molecule has 0 aromatic carbocycles. The van der Waals surface area contributed by atoms with Gasteiger partial charge in [0.2, 0.25) is 0 Å². The highest BCUT2D eigenvalue weighted by atomic mass is 16.6. The first-order valence-corrected chi connectivity index (χ1v) is 19.0. The van der Waals surface area contributed by atoms with Crippen LogP contribution in [0.1, 0.15) is 152 Å². The van der Waals surface area contributed by atoms with Crippen LogP contribution in [0.15, 0.2) is 11.6 Å². The molecular weight excluding hydrogens is 542 g/mol. The number of nitrogens with zero attached hydrogens (tertiary/aromatic N) is 1. The van der Waals surface area contributed by atoms with Gasteiger partial charge in [0.15, 0.2) is 0 Å². The molecule has 5 nitrogen and oxygen atoms in total. The molecule has 3 N–H and O–H groups in total. The van der Waals surface area contributed by atoms with Crippen LogP contribution in [0.25, 0.3) is 0 Å². The Kier molecular flexibility index (Phi) is 12.8. The summed E-state index contributed by atoms with van der Waals surface area (Å²) >= 11 is 0. The quantitative estimate of drug-likeness (QED) is 0.143. The number of hydrogen-bond donors (Lipinski definition) is 2. The van der Waals surface area contributed by atoms with E-state index in [4.69, 9.17) is 10.5 Å². The molecular formula is C39H71N3O2. The summed E-state index contributed by atoms with van der Waals surface area (Å²) in [5.74, 6) is 4.36. The van der Waals surface area contributed by atoms with Crippen LogP contribution in [0.3, 0.4) is 0 Å².